The molecule has 1 aliphatic rings. The Morgan fingerprint density at radius 3 is 2.33 bits per heavy atom. The lowest BCUT2D eigenvalue weighted by atomic mass is 10.0. The maximum Gasteiger partial charge on any atom is 0.200 e. The van der Waals surface area contributed by atoms with E-state index in [1.165, 1.54) is 14.2 Å². The van der Waals surface area contributed by atoms with Gasteiger partial charge in [0.1, 0.15) is 0 Å². The molecular weight excluding hydrogens is 270 g/mol. The molecule has 5 heteroatoms. The van der Waals surface area contributed by atoms with Crippen LogP contribution in [0.1, 0.15) is 26.3 Å². The molecule has 1 unspecified atom stereocenters. The van der Waals surface area contributed by atoms with Crippen molar-refractivity contribution >= 4 is 0 Å². The van der Waals surface area contributed by atoms with Crippen LogP contribution in [0, 0.1) is 0 Å². The highest BCUT2D eigenvalue weighted by Gasteiger charge is 2.31. The van der Waals surface area contributed by atoms with Gasteiger partial charge in [-0.15, -0.1) is 0 Å². The fraction of sp³-hybridized carbons (Fsp3) is 0.625. The zero-order valence-electron chi connectivity index (χ0n) is 13.5. The number of rotatable bonds is 4. The zero-order chi connectivity index (χ0) is 15.6. The first-order valence-corrected chi connectivity index (χ1v) is 7.18. The molecule has 1 aliphatic heterocycles. The maximum atomic E-state index is 9.96. The summed E-state index contributed by atoms with van der Waals surface area (Å²) in [6.45, 7) is 8.81. The van der Waals surface area contributed by atoms with E-state index in [-0.39, 0.29) is 17.5 Å². The van der Waals surface area contributed by atoms with E-state index in [9.17, 15) is 5.11 Å². The van der Waals surface area contributed by atoms with Crippen LogP contribution in [0.25, 0.3) is 0 Å². The quantitative estimate of drug-likeness (QED) is 0.924. The van der Waals surface area contributed by atoms with Gasteiger partial charge in [0.05, 0.1) is 25.9 Å². The molecule has 1 heterocycles. The van der Waals surface area contributed by atoms with E-state index in [1.807, 2.05) is 12.1 Å². The van der Waals surface area contributed by atoms with Gasteiger partial charge < -0.3 is 19.3 Å². The fourth-order valence-electron chi connectivity index (χ4n) is 3.00. The number of hydrogen-bond acceptors (Lipinski definition) is 5. The van der Waals surface area contributed by atoms with Crippen LogP contribution < -0.4 is 9.47 Å². The van der Waals surface area contributed by atoms with Gasteiger partial charge in [-0.1, -0.05) is 0 Å². The number of ether oxygens (including phenoxy) is 3. The lowest BCUT2D eigenvalue weighted by molar-refractivity contribution is -0.130. The van der Waals surface area contributed by atoms with Crippen molar-refractivity contribution in [2.45, 2.75) is 39.0 Å². The number of hydrogen-bond donors (Lipinski definition) is 1. The molecule has 0 amide bonds. The molecular formula is C16H25NO4. The molecule has 1 N–H and O–H groups in total. The first-order chi connectivity index (χ1) is 9.84. The summed E-state index contributed by atoms with van der Waals surface area (Å²) >= 11 is 0. The Bertz CT molecular complexity index is 476. The average molecular weight is 295 g/mol. The minimum atomic E-state index is -0.150. The number of benzene rings is 1. The van der Waals surface area contributed by atoms with Crippen LogP contribution in [0.3, 0.4) is 0 Å². The number of morpholine rings is 1. The normalized spacial score (nSPS) is 22.0. The van der Waals surface area contributed by atoms with Gasteiger partial charge in [0.25, 0.3) is 0 Å². The highest BCUT2D eigenvalue weighted by atomic mass is 16.5. The summed E-state index contributed by atoms with van der Waals surface area (Å²) in [4.78, 5) is 2.35. The largest absolute Gasteiger partial charge is 0.502 e. The van der Waals surface area contributed by atoms with Crippen molar-refractivity contribution in [2.75, 3.05) is 27.3 Å². The Balaban J connectivity index is 2.19. The third-order valence-electron chi connectivity index (χ3n) is 3.59. The van der Waals surface area contributed by atoms with Gasteiger partial charge in [-0.05, 0) is 38.5 Å². The van der Waals surface area contributed by atoms with Crippen LogP contribution in [-0.4, -0.2) is 49.0 Å². The van der Waals surface area contributed by atoms with Crippen molar-refractivity contribution in [3.63, 3.8) is 0 Å². The number of nitrogens with zero attached hydrogens (tertiary/aromatic N) is 1. The molecule has 1 fully saturated rings. The van der Waals surface area contributed by atoms with Crippen LogP contribution in [0.5, 0.6) is 17.2 Å². The van der Waals surface area contributed by atoms with Crippen LogP contribution in [-0.2, 0) is 11.3 Å². The first kappa shape index (κ1) is 15.9. The molecule has 1 saturated heterocycles. The lowest BCUT2D eigenvalue weighted by Gasteiger charge is -2.41. The second-order valence-electron chi connectivity index (χ2n) is 6.21. The van der Waals surface area contributed by atoms with E-state index in [0.717, 1.165) is 25.2 Å². The van der Waals surface area contributed by atoms with Gasteiger partial charge in [-0.2, -0.15) is 0 Å². The second kappa shape index (κ2) is 6.12. The predicted octanol–water partition coefficient (Wildman–Crippen LogP) is 2.41. The van der Waals surface area contributed by atoms with Crippen LogP contribution in [0.15, 0.2) is 12.1 Å². The molecule has 21 heavy (non-hydrogen) atoms. The topological polar surface area (TPSA) is 51.2 Å². The molecule has 0 bridgehead atoms. The summed E-state index contributed by atoms with van der Waals surface area (Å²) in [5.74, 6) is 0.911. The Hall–Kier alpha value is -1.46. The van der Waals surface area contributed by atoms with Crippen LogP contribution in [0.4, 0.5) is 0 Å². The summed E-state index contributed by atoms with van der Waals surface area (Å²) in [7, 11) is 3.08. The molecule has 2 rings (SSSR count). The molecule has 0 aromatic heterocycles. The third kappa shape index (κ3) is 3.80. The Kier molecular flexibility index (Phi) is 4.64. The van der Waals surface area contributed by atoms with Crippen molar-refractivity contribution in [1.29, 1.82) is 0 Å². The molecule has 1 aromatic rings. The zero-order valence-corrected chi connectivity index (χ0v) is 13.5. The first-order valence-electron chi connectivity index (χ1n) is 7.18. The molecule has 0 radical (unpaired) electrons. The monoisotopic (exact) mass is 295 g/mol. The summed E-state index contributed by atoms with van der Waals surface area (Å²) in [5, 5.41) is 9.96. The average Bonchev–Trinajstić information content (AvgIpc) is 2.38. The fourth-order valence-corrected chi connectivity index (χ4v) is 3.00. The van der Waals surface area contributed by atoms with Gasteiger partial charge in [0, 0.05) is 19.6 Å². The SMILES string of the molecule is COc1cc(CN2CC(C)OC(C)(C)C2)cc(OC)c1O. The molecule has 0 saturated carbocycles. The lowest BCUT2D eigenvalue weighted by Crippen LogP contribution is -2.51. The van der Waals surface area contributed by atoms with Gasteiger partial charge in [-0.25, -0.2) is 0 Å². The number of phenolic OH excluding ortho intramolecular Hbond substituents is 1. The Morgan fingerprint density at radius 2 is 1.86 bits per heavy atom. The van der Waals surface area contributed by atoms with E-state index < -0.39 is 0 Å². The van der Waals surface area contributed by atoms with Crippen molar-refractivity contribution in [2.24, 2.45) is 0 Å². The molecule has 0 spiro atoms. The standard InChI is InChI=1S/C16H25NO4/c1-11-8-17(10-16(2,3)21-11)9-12-6-13(19-4)15(18)14(7-12)20-5/h6-7,11,18H,8-10H2,1-5H3. The van der Waals surface area contributed by atoms with Gasteiger partial charge in [-0.3, -0.25) is 4.90 Å². The number of aromatic hydroxyl groups is 1. The predicted molar refractivity (Wildman–Crippen MR) is 81.1 cm³/mol. The molecule has 1 aromatic carbocycles. The Morgan fingerprint density at radius 1 is 1.29 bits per heavy atom. The summed E-state index contributed by atoms with van der Waals surface area (Å²) in [6, 6.07) is 3.70. The van der Waals surface area contributed by atoms with E-state index >= 15 is 0 Å². The van der Waals surface area contributed by atoms with Crippen LogP contribution >= 0.6 is 0 Å². The summed E-state index contributed by atoms with van der Waals surface area (Å²) in [6.07, 6.45) is 0.203. The molecule has 1 atom stereocenters. The molecule has 5 nitrogen and oxygen atoms in total. The minimum absolute atomic E-state index is 0.0411. The van der Waals surface area contributed by atoms with Crippen molar-refractivity contribution in [1.82, 2.24) is 4.90 Å². The number of phenols is 1. The maximum absolute atomic E-state index is 9.96. The summed E-state index contributed by atoms with van der Waals surface area (Å²) < 4.78 is 16.3. The molecule has 0 aliphatic carbocycles. The smallest absolute Gasteiger partial charge is 0.200 e. The van der Waals surface area contributed by atoms with Gasteiger partial charge in [0.2, 0.25) is 5.75 Å². The van der Waals surface area contributed by atoms with Gasteiger partial charge in [0.15, 0.2) is 11.5 Å². The van der Waals surface area contributed by atoms with Crippen molar-refractivity contribution in [3.05, 3.63) is 17.7 Å². The van der Waals surface area contributed by atoms with Crippen molar-refractivity contribution < 1.29 is 19.3 Å². The third-order valence-corrected chi connectivity index (χ3v) is 3.59. The van der Waals surface area contributed by atoms with Gasteiger partial charge >= 0.3 is 0 Å². The summed E-state index contributed by atoms with van der Waals surface area (Å²) in [5.41, 5.74) is 0.898. The van der Waals surface area contributed by atoms with E-state index in [2.05, 4.69) is 25.7 Å². The van der Waals surface area contributed by atoms with Crippen molar-refractivity contribution in [3.8, 4) is 17.2 Å². The number of methoxy groups -OCH3 is 2. The molecule has 118 valence electrons. The van der Waals surface area contributed by atoms with E-state index in [0.29, 0.717) is 11.5 Å². The highest BCUT2D eigenvalue weighted by molar-refractivity contribution is 5.52. The Labute approximate surface area is 126 Å². The van der Waals surface area contributed by atoms with Crippen LogP contribution in [0.2, 0.25) is 0 Å². The van der Waals surface area contributed by atoms with E-state index in [1.54, 1.807) is 0 Å². The minimum Gasteiger partial charge on any atom is -0.502 e. The highest BCUT2D eigenvalue weighted by Crippen LogP contribution is 2.37. The second-order valence-corrected chi connectivity index (χ2v) is 6.21. The van der Waals surface area contributed by atoms with E-state index in [4.69, 9.17) is 14.2 Å².